The third-order valence-corrected chi connectivity index (χ3v) is 5.01. The second-order valence-corrected chi connectivity index (χ2v) is 8.25. The van der Waals surface area contributed by atoms with Gasteiger partial charge in [0.15, 0.2) is 0 Å². The molecule has 0 aliphatic carbocycles. The minimum Gasteiger partial charge on any atom is -0.345 e. The van der Waals surface area contributed by atoms with Gasteiger partial charge in [0.25, 0.3) is 0 Å². The molecule has 1 aromatic heterocycles. The fourth-order valence-electron chi connectivity index (χ4n) is 3.59. The molecule has 1 atom stereocenters. The fourth-order valence-corrected chi connectivity index (χ4v) is 3.59. The van der Waals surface area contributed by atoms with Crippen molar-refractivity contribution < 1.29 is 9.59 Å². The number of nitrogens with zero attached hydrogens (tertiary/aromatic N) is 3. The van der Waals surface area contributed by atoms with Gasteiger partial charge in [0.1, 0.15) is 0 Å². The van der Waals surface area contributed by atoms with Gasteiger partial charge in [0.05, 0.1) is 0 Å². The van der Waals surface area contributed by atoms with Gasteiger partial charge in [-0.3, -0.25) is 9.59 Å². The first-order valence-electron chi connectivity index (χ1n) is 9.10. The van der Waals surface area contributed by atoms with Crippen LogP contribution in [0.1, 0.15) is 50.6 Å². The van der Waals surface area contributed by atoms with Crippen LogP contribution in [0.15, 0.2) is 4.79 Å². The lowest BCUT2D eigenvalue weighted by atomic mass is 10.0. The molecule has 1 N–H and O–H groups in total. The maximum atomic E-state index is 12.5. The van der Waals surface area contributed by atoms with Crippen molar-refractivity contribution in [2.24, 2.45) is 5.92 Å². The monoisotopic (exact) mass is 362 g/mol. The van der Waals surface area contributed by atoms with Crippen molar-refractivity contribution in [3.63, 3.8) is 0 Å². The molecule has 0 unspecified atom stereocenters. The normalized spacial score (nSPS) is 17.7. The van der Waals surface area contributed by atoms with Crippen molar-refractivity contribution in [2.75, 3.05) is 20.1 Å². The Labute approximate surface area is 154 Å². The molecule has 1 aromatic rings. The van der Waals surface area contributed by atoms with E-state index in [-0.39, 0.29) is 29.0 Å². The number of rotatable bonds is 5. The van der Waals surface area contributed by atoms with Gasteiger partial charge < -0.3 is 14.8 Å². The molecule has 1 aliphatic rings. The third kappa shape index (κ3) is 4.71. The van der Waals surface area contributed by atoms with Crippen LogP contribution in [0, 0.1) is 19.8 Å². The molecule has 0 radical (unpaired) electrons. The molecule has 2 rings (SSSR count). The molecule has 7 nitrogen and oxygen atoms in total. The molecule has 2 heterocycles. The van der Waals surface area contributed by atoms with Gasteiger partial charge >= 0.3 is 5.69 Å². The highest BCUT2D eigenvalue weighted by atomic mass is 16.2. The smallest absolute Gasteiger partial charge is 0.345 e. The van der Waals surface area contributed by atoms with Crippen molar-refractivity contribution in [3.8, 4) is 0 Å². The number of aromatic nitrogens is 2. The lowest BCUT2D eigenvalue weighted by Crippen LogP contribution is -2.43. The number of hydrogen-bond donors (Lipinski definition) is 1. The topological polar surface area (TPSA) is 86.4 Å². The summed E-state index contributed by atoms with van der Waals surface area (Å²) < 4.78 is 0. The maximum absolute atomic E-state index is 12.5. The number of likely N-dealkylation sites (tertiary alicyclic amines) is 1. The van der Waals surface area contributed by atoms with Gasteiger partial charge in [0, 0.05) is 55.8 Å². The van der Waals surface area contributed by atoms with E-state index in [0.29, 0.717) is 38.0 Å². The summed E-state index contributed by atoms with van der Waals surface area (Å²) in [4.78, 5) is 46.2. The lowest BCUT2D eigenvalue weighted by Gasteiger charge is -2.32. The molecule has 7 heteroatoms. The first-order chi connectivity index (χ1) is 12.0. The summed E-state index contributed by atoms with van der Waals surface area (Å²) in [6.45, 7) is 11.0. The summed E-state index contributed by atoms with van der Waals surface area (Å²) in [5.41, 5.74) is 1.81. The molecule has 1 aliphatic heterocycles. The standard InChI is InChI=1S/C19H30N4O3/c1-12-15(13(2)21-18(26)20-12)7-8-16(24)22(6)10-14-9-17(25)23(11-14)19(3,4)5/h14H,7-11H2,1-6H3,(H,20,21,26)/t14-/m1/s1. The molecule has 0 spiro atoms. The molecule has 144 valence electrons. The van der Waals surface area contributed by atoms with E-state index in [9.17, 15) is 14.4 Å². The second kappa shape index (κ2) is 7.60. The molecular formula is C19H30N4O3. The Morgan fingerprint density at radius 2 is 1.96 bits per heavy atom. The van der Waals surface area contributed by atoms with E-state index in [4.69, 9.17) is 0 Å². The first-order valence-corrected chi connectivity index (χ1v) is 9.10. The number of aromatic amines is 1. The highest BCUT2D eigenvalue weighted by Crippen LogP contribution is 2.26. The van der Waals surface area contributed by atoms with Gasteiger partial charge in [-0.2, -0.15) is 4.98 Å². The highest BCUT2D eigenvalue weighted by molar-refractivity contribution is 5.80. The quantitative estimate of drug-likeness (QED) is 0.858. The third-order valence-electron chi connectivity index (χ3n) is 5.01. The Morgan fingerprint density at radius 1 is 1.31 bits per heavy atom. The number of H-pyrrole nitrogens is 1. The number of carbonyl (C=O) groups excluding carboxylic acids is 2. The van der Waals surface area contributed by atoms with E-state index in [1.807, 2.05) is 32.6 Å². The number of aryl methyl sites for hydroxylation is 2. The average molecular weight is 362 g/mol. The Hall–Kier alpha value is -2.18. The van der Waals surface area contributed by atoms with E-state index in [1.54, 1.807) is 18.9 Å². The number of amides is 2. The van der Waals surface area contributed by atoms with Crippen LogP contribution >= 0.6 is 0 Å². The fraction of sp³-hybridized carbons (Fsp3) is 0.684. The van der Waals surface area contributed by atoms with E-state index in [1.165, 1.54) is 0 Å². The van der Waals surface area contributed by atoms with Gasteiger partial charge in [0.2, 0.25) is 11.8 Å². The lowest BCUT2D eigenvalue weighted by molar-refractivity contribution is -0.132. The van der Waals surface area contributed by atoms with Crippen LogP contribution in [0.2, 0.25) is 0 Å². The predicted octanol–water partition coefficient (Wildman–Crippen LogP) is 1.42. The van der Waals surface area contributed by atoms with Crippen LogP contribution in [0.3, 0.4) is 0 Å². The molecular weight excluding hydrogens is 332 g/mol. The van der Waals surface area contributed by atoms with Gasteiger partial charge in [-0.15, -0.1) is 0 Å². The Kier molecular flexibility index (Phi) is 5.88. The van der Waals surface area contributed by atoms with E-state index in [2.05, 4.69) is 9.97 Å². The zero-order chi connectivity index (χ0) is 19.6. The minimum atomic E-state index is -0.360. The molecule has 26 heavy (non-hydrogen) atoms. The molecule has 2 amide bonds. The van der Waals surface area contributed by atoms with Crippen molar-refractivity contribution >= 4 is 11.8 Å². The number of hydrogen-bond acceptors (Lipinski definition) is 4. The molecule has 0 saturated carbocycles. The Balaban J connectivity index is 1.91. The summed E-state index contributed by atoms with van der Waals surface area (Å²) in [7, 11) is 1.79. The average Bonchev–Trinajstić information content (AvgIpc) is 2.86. The van der Waals surface area contributed by atoms with Crippen molar-refractivity contribution in [1.29, 1.82) is 0 Å². The summed E-state index contributed by atoms with van der Waals surface area (Å²) in [6, 6.07) is 0. The van der Waals surface area contributed by atoms with Crippen LogP contribution in [0.5, 0.6) is 0 Å². The summed E-state index contributed by atoms with van der Waals surface area (Å²) in [5, 5.41) is 0. The molecule has 1 fully saturated rings. The van der Waals surface area contributed by atoms with Gasteiger partial charge in [-0.25, -0.2) is 4.79 Å². The zero-order valence-electron chi connectivity index (χ0n) is 16.7. The first kappa shape index (κ1) is 20.1. The van der Waals surface area contributed by atoms with Crippen LogP contribution < -0.4 is 5.69 Å². The van der Waals surface area contributed by atoms with Crippen molar-refractivity contribution in [1.82, 2.24) is 19.8 Å². The number of carbonyl (C=O) groups is 2. The minimum absolute atomic E-state index is 0.0386. The second-order valence-electron chi connectivity index (χ2n) is 8.25. The van der Waals surface area contributed by atoms with E-state index < -0.39 is 0 Å². The molecule has 0 aromatic carbocycles. The van der Waals surface area contributed by atoms with E-state index >= 15 is 0 Å². The summed E-state index contributed by atoms with van der Waals surface area (Å²) >= 11 is 0. The van der Waals surface area contributed by atoms with Crippen LogP contribution in [0.25, 0.3) is 0 Å². The largest absolute Gasteiger partial charge is 0.345 e. The SMILES string of the molecule is Cc1nc(=O)[nH]c(C)c1CCC(=O)N(C)C[C@H]1CC(=O)N(C(C)(C)C)C1. The van der Waals surface area contributed by atoms with Crippen LogP contribution in [-0.4, -0.2) is 57.3 Å². The summed E-state index contributed by atoms with van der Waals surface area (Å²) in [6.07, 6.45) is 1.40. The van der Waals surface area contributed by atoms with Crippen LogP contribution in [0.4, 0.5) is 0 Å². The molecule has 0 bridgehead atoms. The van der Waals surface area contributed by atoms with Crippen LogP contribution in [-0.2, 0) is 16.0 Å². The molecule has 1 saturated heterocycles. The van der Waals surface area contributed by atoms with Gasteiger partial charge in [-0.05, 0) is 46.6 Å². The Bertz CT molecular complexity index is 722. The number of nitrogens with one attached hydrogen (secondary N) is 1. The predicted molar refractivity (Wildman–Crippen MR) is 99.9 cm³/mol. The zero-order valence-corrected chi connectivity index (χ0v) is 16.7. The van der Waals surface area contributed by atoms with E-state index in [0.717, 1.165) is 11.3 Å². The summed E-state index contributed by atoms with van der Waals surface area (Å²) in [5.74, 6) is 0.375. The Morgan fingerprint density at radius 3 is 2.50 bits per heavy atom. The maximum Gasteiger partial charge on any atom is 0.345 e. The van der Waals surface area contributed by atoms with Crippen molar-refractivity contribution in [2.45, 2.75) is 59.4 Å². The van der Waals surface area contributed by atoms with Crippen molar-refractivity contribution in [3.05, 3.63) is 27.4 Å². The van der Waals surface area contributed by atoms with Gasteiger partial charge in [-0.1, -0.05) is 0 Å². The highest BCUT2D eigenvalue weighted by Gasteiger charge is 2.36.